The zero-order valence-corrected chi connectivity index (χ0v) is 25.1. The number of benzene rings is 3. The highest BCUT2D eigenvalue weighted by molar-refractivity contribution is 6.32. The van der Waals surface area contributed by atoms with E-state index in [-0.39, 0.29) is 17.3 Å². The Morgan fingerprint density at radius 2 is 1.52 bits per heavy atom. The second-order valence-corrected chi connectivity index (χ2v) is 12.4. The number of anilines is 1. The normalized spacial score (nSPS) is 21.7. The average Bonchev–Trinajstić information content (AvgIpc) is 3.40. The van der Waals surface area contributed by atoms with E-state index in [1.165, 1.54) is 21.3 Å². The van der Waals surface area contributed by atoms with Crippen LogP contribution in [0.25, 0.3) is 6.08 Å². The third kappa shape index (κ3) is 3.62. The van der Waals surface area contributed by atoms with E-state index in [0.29, 0.717) is 39.0 Å². The first-order chi connectivity index (χ1) is 20.0. The number of halogens is 1. The first-order valence-corrected chi connectivity index (χ1v) is 14.2. The molecule has 6 rings (SSSR count). The van der Waals surface area contributed by atoms with Crippen molar-refractivity contribution in [2.45, 2.75) is 38.8 Å². The van der Waals surface area contributed by atoms with E-state index in [9.17, 15) is 14.4 Å². The minimum absolute atomic E-state index is 0.112. The van der Waals surface area contributed by atoms with Crippen LogP contribution in [0.2, 0.25) is 5.02 Å². The number of carbonyl (C=O) groups excluding carboxylic acids is 3. The van der Waals surface area contributed by atoms with Gasteiger partial charge >= 0.3 is 0 Å². The molecule has 1 fully saturated rings. The highest BCUT2D eigenvalue weighted by Crippen LogP contribution is 2.63. The van der Waals surface area contributed by atoms with Gasteiger partial charge in [0.1, 0.15) is 5.41 Å². The molecule has 1 aliphatic carbocycles. The van der Waals surface area contributed by atoms with Crippen molar-refractivity contribution in [1.29, 1.82) is 0 Å². The Morgan fingerprint density at radius 1 is 0.881 bits per heavy atom. The molecular weight excluding hydrogens is 554 g/mol. The highest BCUT2D eigenvalue weighted by atomic mass is 35.5. The molecule has 0 unspecified atom stereocenters. The minimum atomic E-state index is -1.66. The van der Waals surface area contributed by atoms with Crippen LogP contribution in [-0.4, -0.2) is 50.8 Å². The number of Topliss-reactive ketones (excluding diaryl/α,β-unsaturated/α-hetero) is 3. The Labute approximate surface area is 250 Å². The van der Waals surface area contributed by atoms with Crippen molar-refractivity contribution in [3.05, 3.63) is 87.9 Å². The molecule has 0 bridgehead atoms. The zero-order chi connectivity index (χ0) is 30.1. The average molecular weight is 586 g/mol. The van der Waals surface area contributed by atoms with Crippen molar-refractivity contribution in [3.8, 4) is 17.2 Å². The summed E-state index contributed by atoms with van der Waals surface area (Å²) in [7, 11) is 4.52. The van der Waals surface area contributed by atoms with E-state index in [4.69, 9.17) is 25.8 Å². The summed E-state index contributed by atoms with van der Waals surface area (Å²) in [5, 5.41) is 0.544. The largest absolute Gasteiger partial charge is 0.493 e. The maximum atomic E-state index is 14.8. The molecule has 3 atom stereocenters. The molecule has 3 aromatic rings. The third-order valence-corrected chi connectivity index (χ3v) is 9.08. The highest BCUT2D eigenvalue weighted by Gasteiger charge is 2.72. The second-order valence-electron chi connectivity index (χ2n) is 11.9. The summed E-state index contributed by atoms with van der Waals surface area (Å²) in [6, 6.07) is 14.2. The SMILES string of the molecule is COc1ccc([C@H]2[C@@H](C(=O)C(C)(C)C)N3c4ccc(Cl)cc4C=C[C@@H]3C23C(=O)c2ccccc2C3=O)c(OC)c1OC. The lowest BCUT2D eigenvalue weighted by Gasteiger charge is -2.38. The molecule has 0 aromatic heterocycles. The van der Waals surface area contributed by atoms with Crippen molar-refractivity contribution >= 4 is 40.7 Å². The molecule has 1 spiro atoms. The van der Waals surface area contributed by atoms with Gasteiger partial charge in [-0.05, 0) is 29.8 Å². The number of hydrogen-bond acceptors (Lipinski definition) is 7. The Hall–Kier alpha value is -4.10. The summed E-state index contributed by atoms with van der Waals surface area (Å²) in [6.07, 6.45) is 3.76. The van der Waals surface area contributed by atoms with Crippen molar-refractivity contribution in [3.63, 3.8) is 0 Å². The molecule has 0 amide bonds. The molecule has 216 valence electrons. The maximum absolute atomic E-state index is 14.8. The van der Waals surface area contributed by atoms with Gasteiger partial charge in [0.2, 0.25) is 5.75 Å². The van der Waals surface area contributed by atoms with Crippen LogP contribution >= 0.6 is 11.6 Å². The van der Waals surface area contributed by atoms with Crippen LogP contribution in [0.3, 0.4) is 0 Å². The molecule has 3 aromatic carbocycles. The molecule has 2 aliphatic heterocycles. The first-order valence-electron chi connectivity index (χ1n) is 13.8. The van der Waals surface area contributed by atoms with Crippen LogP contribution in [0.5, 0.6) is 17.2 Å². The van der Waals surface area contributed by atoms with Crippen LogP contribution in [0.15, 0.2) is 60.7 Å². The third-order valence-electron chi connectivity index (χ3n) is 8.84. The molecule has 8 heteroatoms. The summed E-state index contributed by atoms with van der Waals surface area (Å²) in [5.41, 5.74) is 0.287. The topological polar surface area (TPSA) is 82.1 Å². The van der Waals surface area contributed by atoms with E-state index >= 15 is 0 Å². The maximum Gasteiger partial charge on any atom is 0.203 e. The van der Waals surface area contributed by atoms with E-state index < -0.39 is 28.8 Å². The van der Waals surface area contributed by atoms with Gasteiger partial charge in [-0.2, -0.15) is 0 Å². The van der Waals surface area contributed by atoms with E-state index in [1.807, 2.05) is 50.0 Å². The number of rotatable bonds is 5. The van der Waals surface area contributed by atoms with Gasteiger partial charge in [-0.1, -0.05) is 74.9 Å². The fraction of sp³-hybridized carbons (Fsp3) is 0.324. The number of fused-ring (bicyclic) bond motifs is 5. The van der Waals surface area contributed by atoms with Crippen LogP contribution in [0.1, 0.15) is 58.5 Å². The lowest BCUT2D eigenvalue weighted by atomic mass is 9.63. The Kier molecular flexibility index (Phi) is 6.50. The number of ether oxygens (including phenoxy) is 3. The first kappa shape index (κ1) is 28.0. The van der Waals surface area contributed by atoms with E-state index in [1.54, 1.807) is 42.5 Å². The van der Waals surface area contributed by atoms with Crippen molar-refractivity contribution in [2.75, 3.05) is 26.2 Å². The fourth-order valence-corrected chi connectivity index (χ4v) is 7.28. The molecule has 42 heavy (non-hydrogen) atoms. The number of ketones is 3. The van der Waals surface area contributed by atoms with Crippen molar-refractivity contribution in [1.82, 2.24) is 0 Å². The Morgan fingerprint density at radius 3 is 2.10 bits per heavy atom. The van der Waals surface area contributed by atoms with Crippen molar-refractivity contribution in [2.24, 2.45) is 10.8 Å². The van der Waals surface area contributed by atoms with E-state index in [2.05, 4.69) is 0 Å². The summed E-state index contributed by atoms with van der Waals surface area (Å²) in [6.45, 7) is 5.56. The monoisotopic (exact) mass is 585 g/mol. The van der Waals surface area contributed by atoms with Crippen LogP contribution in [-0.2, 0) is 4.79 Å². The van der Waals surface area contributed by atoms with E-state index in [0.717, 1.165) is 11.3 Å². The van der Waals surface area contributed by atoms with Crippen LogP contribution in [0.4, 0.5) is 5.69 Å². The number of carbonyl (C=O) groups is 3. The van der Waals surface area contributed by atoms with Gasteiger partial charge in [0.05, 0.1) is 33.4 Å². The molecule has 1 saturated heterocycles. The van der Waals surface area contributed by atoms with Gasteiger partial charge < -0.3 is 19.1 Å². The van der Waals surface area contributed by atoms with Gasteiger partial charge in [0.25, 0.3) is 0 Å². The molecule has 0 radical (unpaired) electrons. The van der Waals surface area contributed by atoms with Gasteiger partial charge in [0.15, 0.2) is 28.8 Å². The molecular formula is C34H32ClNO6. The zero-order valence-electron chi connectivity index (χ0n) is 24.4. The molecule has 3 aliphatic rings. The lowest BCUT2D eigenvalue weighted by molar-refractivity contribution is -0.127. The molecule has 7 nitrogen and oxygen atoms in total. The molecule has 2 heterocycles. The number of nitrogens with zero attached hydrogens (tertiary/aromatic N) is 1. The van der Waals surface area contributed by atoms with Gasteiger partial charge in [-0.15, -0.1) is 0 Å². The number of methoxy groups -OCH3 is 3. The van der Waals surface area contributed by atoms with Crippen LogP contribution in [0, 0.1) is 10.8 Å². The predicted molar refractivity (Wildman–Crippen MR) is 161 cm³/mol. The van der Waals surface area contributed by atoms with Gasteiger partial charge in [-0.25, -0.2) is 0 Å². The fourth-order valence-electron chi connectivity index (χ4n) is 7.10. The van der Waals surface area contributed by atoms with Gasteiger partial charge in [-0.3, -0.25) is 14.4 Å². The van der Waals surface area contributed by atoms with Crippen molar-refractivity contribution < 1.29 is 28.6 Å². The standard InChI is InChI=1S/C34H32ClNO6/c1-33(2,3)32(39)27-26(22-13-15-24(40-4)29(42-6)28(22)41-5)34(30(37)20-9-7-8-10-21(20)31(34)38)25-16-11-18-17-19(35)12-14-23(18)36(25)27/h7-17,25-27H,1-6H3/t25-,26+,27+/m1/s1. The number of hydrogen-bond donors (Lipinski definition) is 0. The molecule has 0 N–H and O–H groups in total. The van der Waals surface area contributed by atoms with Crippen LogP contribution < -0.4 is 19.1 Å². The summed E-state index contributed by atoms with van der Waals surface area (Å²) in [5.74, 6) is -0.616. The minimum Gasteiger partial charge on any atom is -0.493 e. The molecule has 0 saturated carbocycles. The quantitative estimate of drug-likeness (QED) is 0.320. The second kappa shape index (κ2) is 9.73. The smallest absolute Gasteiger partial charge is 0.203 e. The Bertz CT molecular complexity index is 1650. The summed E-state index contributed by atoms with van der Waals surface area (Å²) >= 11 is 6.38. The predicted octanol–water partition coefficient (Wildman–Crippen LogP) is 6.41. The Balaban J connectivity index is 1.75. The van der Waals surface area contributed by atoms with Gasteiger partial charge in [0, 0.05) is 38.7 Å². The summed E-state index contributed by atoms with van der Waals surface area (Å²) < 4.78 is 17.2. The summed E-state index contributed by atoms with van der Waals surface area (Å²) in [4.78, 5) is 46.3. The lowest BCUT2D eigenvalue weighted by Crippen LogP contribution is -2.49.